The van der Waals surface area contributed by atoms with Crippen molar-refractivity contribution in [3.05, 3.63) is 59.7 Å². The molecule has 2 N–H and O–H groups in total. The third kappa shape index (κ3) is 6.34. The van der Waals surface area contributed by atoms with Crippen LogP contribution in [0, 0.1) is 0 Å². The SMILES string of the molecule is CN(C(=O)CNC(=O)c1ccc(C(C)(C)C)cc1)c1ccc(OCC(=O)O)cc1. The Kier molecular flexibility index (Phi) is 6.98. The summed E-state index contributed by atoms with van der Waals surface area (Å²) >= 11 is 0. The van der Waals surface area contributed by atoms with Crippen LogP contribution in [0.25, 0.3) is 0 Å². The number of amides is 2. The molecule has 154 valence electrons. The Hall–Kier alpha value is -3.35. The molecule has 2 aromatic rings. The predicted molar refractivity (Wildman–Crippen MR) is 110 cm³/mol. The molecule has 0 spiro atoms. The first-order valence-electron chi connectivity index (χ1n) is 9.18. The lowest BCUT2D eigenvalue weighted by atomic mass is 9.87. The minimum atomic E-state index is -1.06. The fourth-order valence-corrected chi connectivity index (χ4v) is 2.55. The van der Waals surface area contributed by atoms with E-state index >= 15 is 0 Å². The number of nitrogens with one attached hydrogen (secondary N) is 1. The number of carboxylic acid groups (broad SMARTS) is 1. The molecule has 2 aromatic carbocycles. The Morgan fingerprint density at radius 1 is 1.00 bits per heavy atom. The molecule has 29 heavy (non-hydrogen) atoms. The fraction of sp³-hybridized carbons (Fsp3) is 0.318. The number of aliphatic carboxylic acids is 1. The van der Waals surface area contributed by atoms with Crippen molar-refractivity contribution in [1.29, 1.82) is 0 Å². The summed E-state index contributed by atoms with van der Waals surface area (Å²) in [4.78, 5) is 36.6. The first-order valence-corrected chi connectivity index (χ1v) is 9.18. The molecule has 0 atom stereocenters. The Morgan fingerprint density at radius 3 is 2.10 bits per heavy atom. The Bertz CT molecular complexity index is 868. The summed E-state index contributed by atoms with van der Waals surface area (Å²) in [7, 11) is 1.60. The highest BCUT2D eigenvalue weighted by molar-refractivity contribution is 6.00. The summed E-state index contributed by atoms with van der Waals surface area (Å²) in [5.74, 6) is -1.28. The van der Waals surface area contributed by atoms with Gasteiger partial charge in [0.1, 0.15) is 5.75 Å². The molecule has 0 heterocycles. The summed E-state index contributed by atoms with van der Waals surface area (Å²) in [6, 6.07) is 13.8. The lowest BCUT2D eigenvalue weighted by Gasteiger charge is -2.19. The molecule has 0 aliphatic rings. The average molecular weight is 398 g/mol. The maximum atomic E-state index is 12.4. The minimum absolute atomic E-state index is 0.00188. The summed E-state index contributed by atoms with van der Waals surface area (Å²) in [5.41, 5.74) is 2.22. The molecule has 0 unspecified atom stereocenters. The maximum absolute atomic E-state index is 12.4. The van der Waals surface area contributed by atoms with E-state index in [4.69, 9.17) is 9.84 Å². The number of benzene rings is 2. The van der Waals surface area contributed by atoms with Gasteiger partial charge in [-0.3, -0.25) is 9.59 Å². The van der Waals surface area contributed by atoms with Crippen LogP contribution in [0.4, 0.5) is 5.69 Å². The standard InChI is InChI=1S/C22H26N2O5/c1-22(2,3)16-7-5-15(6-8-16)21(28)23-13-19(25)24(4)17-9-11-18(12-10-17)29-14-20(26)27/h5-12H,13-14H2,1-4H3,(H,23,28)(H,26,27). The van der Waals surface area contributed by atoms with Gasteiger partial charge in [-0.05, 0) is 47.4 Å². The molecule has 0 aromatic heterocycles. The number of anilines is 1. The van der Waals surface area contributed by atoms with Crippen molar-refractivity contribution in [3.63, 3.8) is 0 Å². The third-order valence-corrected chi connectivity index (χ3v) is 4.37. The quantitative estimate of drug-likeness (QED) is 0.748. The molecule has 0 aliphatic carbocycles. The van der Waals surface area contributed by atoms with E-state index in [1.807, 2.05) is 12.1 Å². The molecule has 0 saturated heterocycles. The van der Waals surface area contributed by atoms with Gasteiger partial charge >= 0.3 is 5.97 Å². The van der Waals surface area contributed by atoms with E-state index in [2.05, 4.69) is 26.1 Å². The topological polar surface area (TPSA) is 95.9 Å². The molecule has 0 saturated carbocycles. The highest BCUT2D eigenvalue weighted by atomic mass is 16.5. The van der Waals surface area contributed by atoms with Gasteiger partial charge in [0.25, 0.3) is 5.91 Å². The molecule has 0 bridgehead atoms. The number of hydrogen-bond acceptors (Lipinski definition) is 4. The van der Waals surface area contributed by atoms with Crippen LogP contribution in [0.5, 0.6) is 5.75 Å². The molecule has 2 amide bonds. The highest BCUT2D eigenvalue weighted by Crippen LogP contribution is 2.22. The van der Waals surface area contributed by atoms with Crippen molar-refractivity contribution in [2.75, 3.05) is 25.1 Å². The van der Waals surface area contributed by atoms with Gasteiger partial charge < -0.3 is 20.1 Å². The smallest absolute Gasteiger partial charge is 0.341 e. The van der Waals surface area contributed by atoms with E-state index < -0.39 is 12.6 Å². The van der Waals surface area contributed by atoms with E-state index in [1.165, 1.54) is 4.90 Å². The van der Waals surface area contributed by atoms with Crippen LogP contribution in [0.2, 0.25) is 0 Å². The van der Waals surface area contributed by atoms with E-state index in [1.54, 1.807) is 43.4 Å². The monoisotopic (exact) mass is 398 g/mol. The zero-order valence-corrected chi connectivity index (χ0v) is 17.1. The second-order valence-corrected chi connectivity index (χ2v) is 7.64. The number of nitrogens with zero attached hydrogens (tertiary/aromatic N) is 1. The zero-order chi connectivity index (χ0) is 21.6. The van der Waals surface area contributed by atoms with Crippen LogP contribution < -0.4 is 15.0 Å². The Morgan fingerprint density at radius 2 is 1.59 bits per heavy atom. The molecule has 0 radical (unpaired) electrons. The number of carbonyl (C=O) groups excluding carboxylic acids is 2. The van der Waals surface area contributed by atoms with E-state index in [9.17, 15) is 14.4 Å². The number of carbonyl (C=O) groups is 3. The predicted octanol–water partition coefficient (Wildman–Crippen LogP) is 2.84. The summed E-state index contributed by atoms with van der Waals surface area (Å²) < 4.78 is 5.06. The number of rotatable bonds is 7. The molecule has 0 aliphatic heterocycles. The van der Waals surface area contributed by atoms with Gasteiger partial charge in [0.2, 0.25) is 5.91 Å². The minimum Gasteiger partial charge on any atom is -0.482 e. The van der Waals surface area contributed by atoms with Crippen molar-refractivity contribution >= 4 is 23.5 Å². The number of hydrogen-bond donors (Lipinski definition) is 2. The number of carboxylic acids is 1. The van der Waals surface area contributed by atoms with Crippen molar-refractivity contribution in [2.24, 2.45) is 0 Å². The molecular formula is C22H26N2O5. The molecule has 0 fully saturated rings. The lowest BCUT2D eigenvalue weighted by Crippen LogP contribution is -2.38. The largest absolute Gasteiger partial charge is 0.482 e. The fourth-order valence-electron chi connectivity index (χ4n) is 2.55. The second kappa shape index (κ2) is 9.23. The van der Waals surface area contributed by atoms with Crippen molar-refractivity contribution in [1.82, 2.24) is 5.32 Å². The van der Waals surface area contributed by atoms with Gasteiger partial charge in [-0.1, -0.05) is 32.9 Å². The highest BCUT2D eigenvalue weighted by Gasteiger charge is 2.16. The molecular weight excluding hydrogens is 372 g/mol. The van der Waals surface area contributed by atoms with E-state index in [0.29, 0.717) is 17.0 Å². The normalized spacial score (nSPS) is 10.9. The van der Waals surface area contributed by atoms with Crippen molar-refractivity contribution < 1.29 is 24.2 Å². The Balaban J connectivity index is 1.90. The summed E-state index contributed by atoms with van der Waals surface area (Å²) in [6.07, 6.45) is 0. The van der Waals surface area contributed by atoms with Crippen LogP contribution >= 0.6 is 0 Å². The number of ether oxygens (including phenoxy) is 1. The van der Waals surface area contributed by atoms with Gasteiger partial charge in [0, 0.05) is 18.3 Å². The molecule has 2 rings (SSSR count). The Labute approximate surface area is 170 Å². The van der Waals surface area contributed by atoms with Crippen LogP contribution in [-0.2, 0) is 15.0 Å². The van der Waals surface area contributed by atoms with Gasteiger partial charge in [0.15, 0.2) is 6.61 Å². The third-order valence-electron chi connectivity index (χ3n) is 4.37. The maximum Gasteiger partial charge on any atom is 0.341 e. The first-order chi connectivity index (χ1) is 13.6. The molecule has 7 nitrogen and oxygen atoms in total. The lowest BCUT2D eigenvalue weighted by molar-refractivity contribution is -0.139. The van der Waals surface area contributed by atoms with Crippen LogP contribution in [-0.4, -0.2) is 43.1 Å². The number of likely N-dealkylation sites (N-methyl/N-ethyl adjacent to an activating group) is 1. The van der Waals surface area contributed by atoms with Gasteiger partial charge in [-0.2, -0.15) is 0 Å². The van der Waals surface area contributed by atoms with E-state index in [-0.39, 0.29) is 23.8 Å². The van der Waals surface area contributed by atoms with Crippen LogP contribution in [0.1, 0.15) is 36.7 Å². The van der Waals surface area contributed by atoms with E-state index in [0.717, 1.165) is 5.56 Å². The summed E-state index contributed by atoms with van der Waals surface area (Å²) in [5, 5.41) is 11.2. The summed E-state index contributed by atoms with van der Waals surface area (Å²) in [6.45, 7) is 5.72. The zero-order valence-electron chi connectivity index (χ0n) is 17.1. The van der Waals surface area contributed by atoms with Crippen LogP contribution in [0.3, 0.4) is 0 Å². The van der Waals surface area contributed by atoms with Gasteiger partial charge in [0.05, 0.1) is 6.54 Å². The first kappa shape index (κ1) is 21.9. The average Bonchev–Trinajstić information content (AvgIpc) is 2.69. The second-order valence-electron chi connectivity index (χ2n) is 7.64. The van der Waals surface area contributed by atoms with Gasteiger partial charge in [-0.15, -0.1) is 0 Å². The van der Waals surface area contributed by atoms with Crippen molar-refractivity contribution in [2.45, 2.75) is 26.2 Å². The van der Waals surface area contributed by atoms with Crippen LogP contribution in [0.15, 0.2) is 48.5 Å². The molecule has 7 heteroatoms. The van der Waals surface area contributed by atoms with Crippen molar-refractivity contribution in [3.8, 4) is 5.75 Å². The van der Waals surface area contributed by atoms with Gasteiger partial charge in [-0.25, -0.2) is 4.79 Å².